The van der Waals surface area contributed by atoms with Gasteiger partial charge in [0.25, 0.3) is 0 Å². The highest BCUT2D eigenvalue weighted by atomic mass is 16.6. The first kappa shape index (κ1) is 9.83. The van der Waals surface area contributed by atoms with E-state index in [9.17, 15) is 4.79 Å². The molecule has 1 aromatic carbocycles. The van der Waals surface area contributed by atoms with E-state index >= 15 is 0 Å². The Morgan fingerprint density at radius 1 is 1.33 bits per heavy atom. The van der Waals surface area contributed by atoms with Crippen LogP contribution in [0.3, 0.4) is 0 Å². The molecule has 0 atom stereocenters. The Bertz CT molecular complexity index is 365. The van der Waals surface area contributed by atoms with Crippen molar-refractivity contribution in [3.63, 3.8) is 0 Å². The van der Waals surface area contributed by atoms with E-state index in [1.165, 1.54) is 0 Å². The van der Waals surface area contributed by atoms with Gasteiger partial charge in [0.1, 0.15) is 19.5 Å². The molecular weight excluding hydrogens is 194 g/mol. The number of hydrogen-bond acceptors (Lipinski definition) is 4. The van der Waals surface area contributed by atoms with Crippen LogP contribution < -0.4 is 14.4 Å². The SMILES string of the molecule is CN(CC=O)c1ccc2c(c1)OCCO2. The molecule has 0 saturated heterocycles. The highest BCUT2D eigenvalue weighted by Gasteiger charge is 2.12. The Morgan fingerprint density at radius 3 is 2.80 bits per heavy atom. The first-order valence-electron chi connectivity index (χ1n) is 4.85. The fourth-order valence-corrected chi connectivity index (χ4v) is 1.49. The van der Waals surface area contributed by atoms with Crippen molar-refractivity contribution in [2.75, 3.05) is 31.7 Å². The van der Waals surface area contributed by atoms with Crippen molar-refractivity contribution in [3.05, 3.63) is 18.2 Å². The molecule has 0 N–H and O–H groups in total. The van der Waals surface area contributed by atoms with E-state index in [2.05, 4.69) is 0 Å². The minimum atomic E-state index is 0.375. The third-order valence-corrected chi connectivity index (χ3v) is 2.31. The number of carbonyl (C=O) groups excluding carboxylic acids is 1. The van der Waals surface area contributed by atoms with Gasteiger partial charge < -0.3 is 19.2 Å². The zero-order valence-electron chi connectivity index (χ0n) is 8.60. The summed E-state index contributed by atoms with van der Waals surface area (Å²) in [5.41, 5.74) is 0.950. The normalized spacial score (nSPS) is 13.4. The Balaban J connectivity index is 2.23. The van der Waals surface area contributed by atoms with Crippen LogP contribution in [0.5, 0.6) is 11.5 Å². The summed E-state index contributed by atoms with van der Waals surface area (Å²) in [6, 6.07) is 5.67. The summed E-state index contributed by atoms with van der Waals surface area (Å²) < 4.78 is 10.9. The third kappa shape index (κ3) is 2.03. The molecule has 1 aromatic rings. The van der Waals surface area contributed by atoms with Crippen molar-refractivity contribution in [2.24, 2.45) is 0 Å². The summed E-state index contributed by atoms with van der Waals surface area (Å²) >= 11 is 0. The van der Waals surface area contributed by atoms with Crippen LogP contribution in [-0.4, -0.2) is 33.1 Å². The van der Waals surface area contributed by atoms with Crippen LogP contribution in [0, 0.1) is 0 Å². The molecule has 0 amide bonds. The van der Waals surface area contributed by atoms with Crippen LogP contribution in [0.2, 0.25) is 0 Å². The van der Waals surface area contributed by atoms with E-state index < -0.39 is 0 Å². The van der Waals surface area contributed by atoms with Gasteiger partial charge in [0, 0.05) is 18.8 Å². The Hall–Kier alpha value is -1.71. The number of anilines is 1. The molecule has 0 saturated carbocycles. The minimum absolute atomic E-state index is 0.375. The van der Waals surface area contributed by atoms with Gasteiger partial charge in [-0.05, 0) is 12.1 Å². The summed E-state index contributed by atoms with van der Waals surface area (Å²) in [5.74, 6) is 1.51. The van der Waals surface area contributed by atoms with Gasteiger partial charge in [-0.2, -0.15) is 0 Å². The molecule has 1 heterocycles. The van der Waals surface area contributed by atoms with E-state index in [-0.39, 0.29) is 0 Å². The smallest absolute Gasteiger partial charge is 0.163 e. The van der Waals surface area contributed by atoms with Crippen molar-refractivity contribution in [1.29, 1.82) is 0 Å². The molecule has 0 radical (unpaired) electrons. The number of carbonyl (C=O) groups is 1. The monoisotopic (exact) mass is 207 g/mol. The summed E-state index contributed by atoms with van der Waals surface area (Å²) in [4.78, 5) is 12.2. The third-order valence-electron chi connectivity index (χ3n) is 2.31. The zero-order valence-corrected chi connectivity index (χ0v) is 8.60. The molecule has 2 rings (SSSR count). The second-order valence-electron chi connectivity index (χ2n) is 3.38. The lowest BCUT2D eigenvalue weighted by Crippen LogP contribution is -2.20. The molecule has 0 spiro atoms. The summed E-state index contributed by atoms with van der Waals surface area (Å²) in [6.07, 6.45) is 0.872. The van der Waals surface area contributed by atoms with Crippen molar-refractivity contribution in [2.45, 2.75) is 0 Å². The molecule has 0 aromatic heterocycles. The van der Waals surface area contributed by atoms with Gasteiger partial charge in [-0.3, -0.25) is 0 Å². The van der Waals surface area contributed by atoms with Gasteiger partial charge in [0.05, 0.1) is 6.54 Å². The lowest BCUT2D eigenvalue weighted by molar-refractivity contribution is -0.106. The highest BCUT2D eigenvalue weighted by molar-refractivity contribution is 5.63. The van der Waals surface area contributed by atoms with Gasteiger partial charge >= 0.3 is 0 Å². The Morgan fingerprint density at radius 2 is 2.07 bits per heavy atom. The Labute approximate surface area is 88.4 Å². The number of nitrogens with zero attached hydrogens (tertiary/aromatic N) is 1. The van der Waals surface area contributed by atoms with Crippen LogP contribution >= 0.6 is 0 Å². The molecule has 0 fully saturated rings. The molecular formula is C11H13NO3. The fourth-order valence-electron chi connectivity index (χ4n) is 1.49. The number of benzene rings is 1. The summed E-state index contributed by atoms with van der Waals surface area (Å²) in [5, 5.41) is 0. The van der Waals surface area contributed by atoms with Crippen LogP contribution in [-0.2, 0) is 4.79 Å². The van der Waals surface area contributed by atoms with E-state index in [1.54, 1.807) is 0 Å². The fraction of sp³-hybridized carbons (Fsp3) is 0.364. The standard InChI is InChI=1S/C11H13NO3/c1-12(4-5-13)9-2-3-10-11(8-9)15-7-6-14-10/h2-3,5,8H,4,6-7H2,1H3. The number of aldehydes is 1. The van der Waals surface area contributed by atoms with Crippen molar-refractivity contribution in [3.8, 4) is 11.5 Å². The predicted octanol–water partition coefficient (Wildman–Crippen LogP) is 1.09. The van der Waals surface area contributed by atoms with Gasteiger partial charge in [0.15, 0.2) is 11.5 Å². The molecule has 80 valence electrons. The molecule has 1 aliphatic heterocycles. The maximum Gasteiger partial charge on any atom is 0.163 e. The first-order chi connectivity index (χ1) is 7.31. The second kappa shape index (κ2) is 4.21. The molecule has 15 heavy (non-hydrogen) atoms. The van der Waals surface area contributed by atoms with Gasteiger partial charge in [0.2, 0.25) is 0 Å². The van der Waals surface area contributed by atoms with Crippen molar-refractivity contribution < 1.29 is 14.3 Å². The predicted molar refractivity (Wildman–Crippen MR) is 56.8 cm³/mol. The molecule has 1 aliphatic rings. The first-order valence-corrected chi connectivity index (χ1v) is 4.85. The van der Waals surface area contributed by atoms with Gasteiger partial charge in [-0.15, -0.1) is 0 Å². The second-order valence-corrected chi connectivity index (χ2v) is 3.38. The number of rotatable bonds is 3. The number of fused-ring (bicyclic) bond motifs is 1. The van der Waals surface area contributed by atoms with E-state index in [0.29, 0.717) is 19.8 Å². The van der Waals surface area contributed by atoms with E-state index in [1.807, 2.05) is 30.1 Å². The van der Waals surface area contributed by atoms with Crippen LogP contribution in [0.4, 0.5) is 5.69 Å². The topological polar surface area (TPSA) is 38.8 Å². The van der Waals surface area contributed by atoms with Crippen molar-refractivity contribution >= 4 is 12.0 Å². The van der Waals surface area contributed by atoms with Gasteiger partial charge in [-0.1, -0.05) is 0 Å². The lowest BCUT2D eigenvalue weighted by atomic mass is 10.2. The van der Waals surface area contributed by atoms with E-state index in [0.717, 1.165) is 23.5 Å². The molecule has 4 heteroatoms. The molecule has 4 nitrogen and oxygen atoms in total. The van der Waals surface area contributed by atoms with Crippen LogP contribution in [0.25, 0.3) is 0 Å². The minimum Gasteiger partial charge on any atom is -0.486 e. The zero-order chi connectivity index (χ0) is 10.7. The Kier molecular flexibility index (Phi) is 2.76. The number of ether oxygens (including phenoxy) is 2. The highest BCUT2D eigenvalue weighted by Crippen LogP contribution is 2.33. The average Bonchev–Trinajstić information content (AvgIpc) is 2.29. The van der Waals surface area contributed by atoms with Gasteiger partial charge in [-0.25, -0.2) is 0 Å². The molecule has 0 aliphatic carbocycles. The van der Waals surface area contributed by atoms with Crippen LogP contribution in [0.15, 0.2) is 18.2 Å². The number of hydrogen-bond donors (Lipinski definition) is 0. The van der Waals surface area contributed by atoms with Crippen LogP contribution in [0.1, 0.15) is 0 Å². The quantitative estimate of drug-likeness (QED) is 0.695. The largest absolute Gasteiger partial charge is 0.486 e. The maximum atomic E-state index is 10.4. The van der Waals surface area contributed by atoms with E-state index in [4.69, 9.17) is 9.47 Å². The summed E-state index contributed by atoms with van der Waals surface area (Å²) in [7, 11) is 1.86. The maximum absolute atomic E-state index is 10.4. The number of likely N-dealkylation sites (N-methyl/N-ethyl adjacent to an activating group) is 1. The molecule has 0 bridgehead atoms. The van der Waals surface area contributed by atoms with Crippen molar-refractivity contribution in [1.82, 2.24) is 0 Å². The summed E-state index contributed by atoms with van der Waals surface area (Å²) in [6.45, 7) is 1.55. The molecule has 0 unspecified atom stereocenters. The average molecular weight is 207 g/mol. The lowest BCUT2D eigenvalue weighted by Gasteiger charge is -2.22.